The second-order valence-corrected chi connectivity index (χ2v) is 7.55. The van der Waals surface area contributed by atoms with Crippen LogP contribution in [0.15, 0.2) is 44.4 Å². The van der Waals surface area contributed by atoms with Crippen LogP contribution in [-0.2, 0) is 16.6 Å². The van der Waals surface area contributed by atoms with E-state index in [2.05, 4.69) is 46.5 Å². The van der Waals surface area contributed by atoms with Crippen LogP contribution in [0.3, 0.4) is 0 Å². The topological polar surface area (TPSA) is 72.0 Å². The minimum atomic E-state index is -3.60. The third-order valence-corrected chi connectivity index (χ3v) is 5.33. The summed E-state index contributed by atoms with van der Waals surface area (Å²) in [6.45, 7) is 1.91. The van der Waals surface area contributed by atoms with E-state index in [0.29, 0.717) is 10.2 Å². The maximum Gasteiger partial charge on any atom is 0.242 e. The van der Waals surface area contributed by atoms with E-state index in [-0.39, 0.29) is 11.4 Å². The van der Waals surface area contributed by atoms with Gasteiger partial charge >= 0.3 is 0 Å². The molecule has 8 heteroatoms. The molecule has 1 aromatic carbocycles. The number of nitrogens with zero attached hydrogens (tertiary/aromatic N) is 2. The predicted molar refractivity (Wildman–Crippen MR) is 82.6 cm³/mol. The molecule has 1 heterocycles. The normalized spacial score (nSPS) is 11.6. The van der Waals surface area contributed by atoms with Gasteiger partial charge in [-0.05, 0) is 41.1 Å². The number of sulfonamides is 1. The van der Waals surface area contributed by atoms with Gasteiger partial charge in [0.2, 0.25) is 10.0 Å². The molecule has 0 amide bonds. The number of benzene rings is 1. The van der Waals surface area contributed by atoms with Crippen molar-refractivity contribution >= 4 is 41.9 Å². The summed E-state index contributed by atoms with van der Waals surface area (Å²) >= 11 is 6.52. The van der Waals surface area contributed by atoms with Gasteiger partial charge in [0, 0.05) is 15.1 Å². The average molecular weight is 421 g/mol. The van der Waals surface area contributed by atoms with Gasteiger partial charge in [-0.15, -0.1) is 0 Å². The molecule has 0 unspecified atom stereocenters. The summed E-state index contributed by atoms with van der Waals surface area (Å²) in [6, 6.07) is 4.88. The van der Waals surface area contributed by atoms with Crippen molar-refractivity contribution < 1.29 is 8.42 Å². The Morgan fingerprint density at radius 2 is 1.95 bits per heavy atom. The van der Waals surface area contributed by atoms with Gasteiger partial charge in [-0.3, -0.25) is 9.97 Å². The predicted octanol–water partition coefficient (Wildman–Crippen LogP) is 2.79. The fourth-order valence-corrected chi connectivity index (χ4v) is 4.19. The standard InChI is InChI=1S/C12H11Br2N3O2S/c1-8-5-16-10(6-15-8)7-17-20(18,19)12-3-2-9(13)4-11(12)14/h2-6,17H,7H2,1H3. The smallest absolute Gasteiger partial charge is 0.242 e. The quantitative estimate of drug-likeness (QED) is 0.825. The molecule has 0 saturated heterocycles. The van der Waals surface area contributed by atoms with E-state index in [9.17, 15) is 8.42 Å². The molecule has 0 spiro atoms. The van der Waals surface area contributed by atoms with Crippen molar-refractivity contribution in [1.29, 1.82) is 0 Å². The fourth-order valence-electron chi connectivity index (χ4n) is 1.45. The molecule has 0 bridgehead atoms. The lowest BCUT2D eigenvalue weighted by molar-refractivity contribution is 0.579. The van der Waals surface area contributed by atoms with Crippen molar-refractivity contribution in [2.45, 2.75) is 18.4 Å². The zero-order chi connectivity index (χ0) is 14.8. The Bertz CT molecular complexity index is 718. The van der Waals surface area contributed by atoms with Gasteiger partial charge in [0.15, 0.2) is 0 Å². The maximum absolute atomic E-state index is 12.2. The van der Waals surface area contributed by atoms with E-state index >= 15 is 0 Å². The number of rotatable bonds is 4. The van der Waals surface area contributed by atoms with E-state index in [0.717, 1.165) is 10.2 Å². The second kappa shape index (κ2) is 6.30. The van der Waals surface area contributed by atoms with Gasteiger partial charge in [-0.2, -0.15) is 0 Å². The summed E-state index contributed by atoms with van der Waals surface area (Å²) in [6.07, 6.45) is 3.15. The van der Waals surface area contributed by atoms with Crippen LogP contribution in [0, 0.1) is 6.92 Å². The van der Waals surface area contributed by atoms with Gasteiger partial charge in [0.05, 0.1) is 29.0 Å². The molecule has 0 aliphatic carbocycles. The van der Waals surface area contributed by atoms with Crippen LogP contribution >= 0.6 is 31.9 Å². The number of halogens is 2. The Morgan fingerprint density at radius 3 is 2.55 bits per heavy atom. The van der Waals surface area contributed by atoms with Gasteiger partial charge in [-0.1, -0.05) is 15.9 Å². The zero-order valence-corrected chi connectivity index (χ0v) is 14.5. The Morgan fingerprint density at radius 1 is 1.20 bits per heavy atom. The van der Waals surface area contributed by atoms with Crippen molar-refractivity contribution in [3.8, 4) is 0 Å². The molecule has 0 fully saturated rings. The first-order valence-corrected chi connectivity index (χ1v) is 8.67. The maximum atomic E-state index is 12.2. The molecule has 0 atom stereocenters. The highest BCUT2D eigenvalue weighted by Crippen LogP contribution is 2.25. The first-order chi connectivity index (χ1) is 9.38. The third kappa shape index (κ3) is 3.85. The Kier molecular flexibility index (Phi) is 4.90. The van der Waals surface area contributed by atoms with Crippen molar-refractivity contribution in [3.63, 3.8) is 0 Å². The summed E-state index contributed by atoms with van der Waals surface area (Å²) in [4.78, 5) is 8.35. The zero-order valence-electron chi connectivity index (χ0n) is 10.5. The highest BCUT2D eigenvalue weighted by molar-refractivity contribution is 9.11. The molecule has 20 heavy (non-hydrogen) atoms. The number of hydrogen-bond acceptors (Lipinski definition) is 4. The summed E-state index contributed by atoms with van der Waals surface area (Å²) in [5, 5.41) is 0. The van der Waals surface area contributed by atoms with Gasteiger partial charge in [0.25, 0.3) is 0 Å². The van der Waals surface area contributed by atoms with E-state index < -0.39 is 10.0 Å². The number of nitrogens with one attached hydrogen (secondary N) is 1. The van der Waals surface area contributed by atoms with Crippen LogP contribution in [0.2, 0.25) is 0 Å². The summed E-state index contributed by atoms with van der Waals surface area (Å²) in [5.74, 6) is 0. The highest BCUT2D eigenvalue weighted by Gasteiger charge is 2.17. The van der Waals surface area contributed by atoms with Crippen LogP contribution in [0.4, 0.5) is 0 Å². The van der Waals surface area contributed by atoms with Crippen LogP contribution in [0.25, 0.3) is 0 Å². The van der Waals surface area contributed by atoms with E-state index in [1.807, 2.05) is 6.92 Å². The van der Waals surface area contributed by atoms with Crippen LogP contribution in [0.1, 0.15) is 11.4 Å². The molecule has 1 N–H and O–H groups in total. The first kappa shape index (κ1) is 15.6. The summed E-state index contributed by atoms with van der Waals surface area (Å²) < 4.78 is 28.2. The fraction of sp³-hybridized carbons (Fsp3) is 0.167. The summed E-state index contributed by atoms with van der Waals surface area (Å²) in [7, 11) is -3.60. The van der Waals surface area contributed by atoms with Gasteiger partial charge in [-0.25, -0.2) is 13.1 Å². The molecule has 0 aliphatic rings. The Hall–Kier alpha value is -0.830. The monoisotopic (exact) mass is 419 g/mol. The minimum absolute atomic E-state index is 0.0954. The molecule has 106 valence electrons. The van der Waals surface area contributed by atoms with Crippen molar-refractivity contribution in [1.82, 2.24) is 14.7 Å². The Labute approximate surface area is 134 Å². The minimum Gasteiger partial charge on any atom is -0.258 e. The van der Waals surface area contributed by atoms with Crippen LogP contribution < -0.4 is 4.72 Å². The lowest BCUT2D eigenvalue weighted by atomic mass is 10.4. The molecule has 1 aromatic heterocycles. The number of aryl methyl sites for hydroxylation is 1. The number of aromatic nitrogens is 2. The molecule has 0 aliphatic heterocycles. The van der Waals surface area contributed by atoms with Gasteiger partial charge in [0.1, 0.15) is 0 Å². The molecule has 0 saturated carbocycles. The average Bonchev–Trinajstić information content (AvgIpc) is 2.37. The largest absolute Gasteiger partial charge is 0.258 e. The second-order valence-electron chi connectivity index (χ2n) is 4.05. The molecular weight excluding hydrogens is 410 g/mol. The molecule has 5 nitrogen and oxygen atoms in total. The Balaban J connectivity index is 2.17. The van der Waals surface area contributed by atoms with Crippen molar-refractivity contribution in [2.75, 3.05) is 0 Å². The van der Waals surface area contributed by atoms with Crippen LogP contribution in [0.5, 0.6) is 0 Å². The highest BCUT2D eigenvalue weighted by atomic mass is 79.9. The SMILES string of the molecule is Cc1cnc(CNS(=O)(=O)c2ccc(Br)cc2Br)cn1. The molecule has 0 radical (unpaired) electrons. The van der Waals surface area contributed by atoms with E-state index in [1.54, 1.807) is 24.5 Å². The number of hydrogen-bond donors (Lipinski definition) is 1. The van der Waals surface area contributed by atoms with Crippen molar-refractivity contribution in [3.05, 3.63) is 50.9 Å². The van der Waals surface area contributed by atoms with Crippen LogP contribution in [-0.4, -0.2) is 18.4 Å². The van der Waals surface area contributed by atoms with Crippen molar-refractivity contribution in [2.24, 2.45) is 0 Å². The van der Waals surface area contributed by atoms with Gasteiger partial charge < -0.3 is 0 Å². The van der Waals surface area contributed by atoms with E-state index in [4.69, 9.17) is 0 Å². The lowest BCUT2D eigenvalue weighted by Gasteiger charge is -2.08. The summed E-state index contributed by atoms with van der Waals surface area (Å²) in [5.41, 5.74) is 1.35. The van der Waals surface area contributed by atoms with E-state index in [1.165, 1.54) is 6.07 Å². The molecular formula is C12H11Br2N3O2S. The lowest BCUT2D eigenvalue weighted by Crippen LogP contribution is -2.24. The first-order valence-electron chi connectivity index (χ1n) is 5.61. The molecule has 2 aromatic rings. The third-order valence-electron chi connectivity index (χ3n) is 2.46. The molecule has 2 rings (SSSR count).